The van der Waals surface area contributed by atoms with E-state index in [1.807, 2.05) is 11.8 Å². The molecule has 0 aromatic heterocycles. The average molecular weight is 268 g/mol. The number of hydrogen-bond donors (Lipinski definition) is 1. The zero-order chi connectivity index (χ0) is 13.7. The van der Waals surface area contributed by atoms with E-state index in [0.29, 0.717) is 6.54 Å². The van der Waals surface area contributed by atoms with Crippen LogP contribution in [0, 0.1) is 0 Å². The molecule has 110 valence electrons. The van der Waals surface area contributed by atoms with Crippen LogP contribution in [0.25, 0.3) is 0 Å². The van der Waals surface area contributed by atoms with E-state index in [1.165, 1.54) is 25.7 Å². The molecular formula is C15H28N2O2. The van der Waals surface area contributed by atoms with Crippen molar-refractivity contribution < 1.29 is 9.53 Å². The quantitative estimate of drug-likeness (QED) is 0.794. The van der Waals surface area contributed by atoms with Crippen LogP contribution >= 0.6 is 0 Å². The van der Waals surface area contributed by atoms with E-state index in [0.717, 1.165) is 32.2 Å². The SMILES string of the molecule is CC(OC1CCCCCC1)C(=O)N1CCCC1CN. The van der Waals surface area contributed by atoms with Crippen LogP contribution in [0.15, 0.2) is 0 Å². The van der Waals surface area contributed by atoms with Gasteiger partial charge in [0.05, 0.1) is 6.10 Å². The number of carbonyl (C=O) groups is 1. The van der Waals surface area contributed by atoms with Gasteiger partial charge in [-0.1, -0.05) is 25.7 Å². The number of rotatable bonds is 4. The minimum atomic E-state index is -0.310. The fourth-order valence-electron chi connectivity index (χ4n) is 3.33. The molecule has 0 bridgehead atoms. The van der Waals surface area contributed by atoms with Gasteiger partial charge in [0.15, 0.2) is 0 Å². The molecule has 4 heteroatoms. The molecule has 0 aromatic carbocycles. The van der Waals surface area contributed by atoms with E-state index in [1.54, 1.807) is 0 Å². The van der Waals surface area contributed by atoms with Crippen LogP contribution in [0.3, 0.4) is 0 Å². The molecule has 1 aliphatic carbocycles. The van der Waals surface area contributed by atoms with Crippen LogP contribution in [0.1, 0.15) is 58.3 Å². The molecule has 2 N–H and O–H groups in total. The molecule has 1 aliphatic heterocycles. The number of likely N-dealkylation sites (tertiary alicyclic amines) is 1. The Labute approximate surface area is 116 Å². The molecular weight excluding hydrogens is 240 g/mol. The van der Waals surface area contributed by atoms with Gasteiger partial charge in [0.2, 0.25) is 0 Å². The number of ether oxygens (including phenoxy) is 1. The second-order valence-corrected chi connectivity index (χ2v) is 5.96. The van der Waals surface area contributed by atoms with Crippen molar-refractivity contribution in [2.75, 3.05) is 13.1 Å². The largest absolute Gasteiger partial charge is 0.365 e. The first-order chi connectivity index (χ1) is 9.22. The zero-order valence-corrected chi connectivity index (χ0v) is 12.1. The van der Waals surface area contributed by atoms with Gasteiger partial charge in [0, 0.05) is 19.1 Å². The lowest BCUT2D eigenvalue weighted by atomic mass is 10.1. The maximum atomic E-state index is 12.4. The van der Waals surface area contributed by atoms with Crippen molar-refractivity contribution in [1.29, 1.82) is 0 Å². The molecule has 0 aromatic rings. The Morgan fingerprint density at radius 2 is 1.89 bits per heavy atom. The first-order valence-corrected chi connectivity index (χ1v) is 7.88. The summed E-state index contributed by atoms with van der Waals surface area (Å²) >= 11 is 0. The lowest BCUT2D eigenvalue weighted by Crippen LogP contribution is -2.45. The zero-order valence-electron chi connectivity index (χ0n) is 12.1. The fourth-order valence-corrected chi connectivity index (χ4v) is 3.33. The average Bonchev–Trinajstić information content (AvgIpc) is 2.75. The number of nitrogens with two attached hydrogens (primary N) is 1. The Bertz CT molecular complexity index is 288. The van der Waals surface area contributed by atoms with Crippen molar-refractivity contribution >= 4 is 5.91 Å². The number of hydrogen-bond acceptors (Lipinski definition) is 3. The first kappa shape index (κ1) is 14.8. The number of carbonyl (C=O) groups excluding carboxylic acids is 1. The van der Waals surface area contributed by atoms with Crippen molar-refractivity contribution in [3.8, 4) is 0 Å². The van der Waals surface area contributed by atoms with E-state index in [9.17, 15) is 4.79 Å². The Morgan fingerprint density at radius 1 is 1.21 bits per heavy atom. The standard InChI is InChI=1S/C15H28N2O2/c1-12(19-14-8-4-2-3-5-9-14)15(18)17-10-6-7-13(17)11-16/h12-14H,2-11,16H2,1H3. The summed E-state index contributed by atoms with van der Waals surface area (Å²) in [4.78, 5) is 14.4. The molecule has 2 unspecified atom stereocenters. The Hall–Kier alpha value is -0.610. The van der Waals surface area contributed by atoms with Crippen LogP contribution < -0.4 is 5.73 Å². The van der Waals surface area contributed by atoms with Crippen LogP contribution in [-0.4, -0.2) is 42.1 Å². The van der Waals surface area contributed by atoms with Gasteiger partial charge < -0.3 is 15.4 Å². The van der Waals surface area contributed by atoms with E-state index in [2.05, 4.69) is 0 Å². The highest BCUT2D eigenvalue weighted by Gasteiger charge is 2.31. The predicted octanol–water partition coefficient (Wildman–Crippen LogP) is 2.06. The third-order valence-corrected chi connectivity index (χ3v) is 4.48. The van der Waals surface area contributed by atoms with E-state index < -0.39 is 0 Å². The second kappa shape index (κ2) is 7.25. The monoisotopic (exact) mass is 268 g/mol. The lowest BCUT2D eigenvalue weighted by molar-refractivity contribution is -0.147. The van der Waals surface area contributed by atoms with E-state index >= 15 is 0 Å². The third-order valence-electron chi connectivity index (χ3n) is 4.48. The topological polar surface area (TPSA) is 55.6 Å². The highest BCUT2D eigenvalue weighted by Crippen LogP contribution is 2.23. The normalized spacial score (nSPS) is 27.3. The van der Waals surface area contributed by atoms with Gasteiger partial charge in [-0.15, -0.1) is 0 Å². The van der Waals surface area contributed by atoms with Crippen molar-refractivity contribution in [3.05, 3.63) is 0 Å². The van der Waals surface area contributed by atoms with Crippen molar-refractivity contribution in [1.82, 2.24) is 4.90 Å². The molecule has 0 spiro atoms. The summed E-state index contributed by atoms with van der Waals surface area (Å²) in [5.41, 5.74) is 5.73. The van der Waals surface area contributed by atoms with Crippen LogP contribution in [0.5, 0.6) is 0 Å². The molecule has 2 fully saturated rings. The van der Waals surface area contributed by atoms with Gasteiger partial charge in [-0.3, -0.25) is 4.79 Å². The van der Waals surface area contributed by atoms with Crippen molar-refractivity contribution in [3.63, 3.8) is 0 Å². The van der Waals surface area contributed by atoms with Gasteiger partial charge >= 0.3 is 0 Å². The van der Waals surface area contributed by atoms with Crippen molar-refractivity contribution in [2.45, 2.75) is 76.5 Å². The molecule has 2 atom stereocenters. The third kappa shape index (κ3) is 3.93. The second-order valence-electron chi connectivity index (χ2n) is 5.96. The molecule has 19 heavy (non-hydrogen) atoms. The Kier molecular flexibility index (Phi) is 5.64. The maximum Gasteiger partial charge on any atom is 0.251 e. The first-order valence-electron chi connectivity index (χ1n) is 7.88. The maximum absolute atomic E-state index is 12.4. The van der Waals surface area contributed by atoms with Gasteiger partial charge in [-0.05, 0) is 32.6 Å². The summed E-state index contributed by atoms with van der Waals surface area (Å²) in [6.45, 7) is 3.32. The lowest BCUT2D eigenvalue weighted by Gasteiger charge is -2.28. The molecule has 1 heterocycles. The molecule has 2 rings (SSSR count). The highest BCUT2D eigenvalue weighted by molar-refractivity contribution is 5.81. The highest BCUT2D eigenvalue weighted by atomic mass is 16.5. The Morgan fingerprint density at radius 3 is 2.53 bits per heavy atom. The summed E-state index contributed by atoms with van der Waals surface area (Å²) in [6.07, 6.45) is 9.39. The molecule has 4 nitrogen and oxygen atoms in total. The van der Waals surface area contributed by atoms with Crippen molar-refractivity contribution in [2.24, 2.45) is 5.73 Å². The van der Waals surface area contributed by atoms with Crippen LogP contribution in [0.2, 0.25) is 0 Å². The molecule has 2 aliphatic rings. The van der Waals surface area contributed by atoms with E-state index in [4.69, 9.17) is 10.5 Å². The predicted molar refractivity (Wildman–Crippen MR) is 75.8 cm³/mol. The summed E-state index contributed by atoms with van der Waals surface area (Å²) in [5.74, 6) is 0.136. The Balaban J connectivity index is 1.84. The van der Waals surface area contributed by atoms with E-state index in [-0.39, 0.29) is 24.2 Å². The summed E-state index contributed by atoms with van der Waals surface area (Å²) in [6, 6.07) is 0.229. The smallest absolute Gasteiger partial charge is 0.251 e. The van der Waals surface area contributed by atoms with Gasteiger partial charge in [-0.25, -0.2) is 0 Å². The number of nitrogens with zero attached hydrogens (tertiary/aromatic N) is 1. The van der Waals surface area contributed by atoms with Gasteiger partial charge in [-0.2, -0.15) is 0 Å². The molecule has 1 amide bonds. The number of amides is 1. The summed E-state index contributed by atoms with van der Waals surface area (Å²) < 4.78 is 6.01. The van der Waals surface area contributed by atoms with Crippen LogP contribution in [0.4, 0.5) is 0 Å². The van der Waals surface area contributed by atoms with Gasteiger partial charge in [0.1, 0.15) is 6.10 Å². The fraction of sp³-hybridized carbons (Fsp3) is 0.933. The summed E-state index contributed by atoms with van der Waals surface area (Å²) in [5, 5.41) is 0. The minimum Gasteiger partial charge on any atom is -0.365 e. The summed E-state index contributed by atoms with van der Waals surface area (Å²) in [7, 11) is 0. The molecule has 0 radical (unpaired) electrons. The van der Waals surface area contributed by atoms with Gasteiger partial charge in [0.25, 0.3) is 5.91 Å². The minimum absolute atomic E-state index is 0.136. The molecule has 1 saturated carbocycles. The van der Waals surface area contributed by atoms with Crippen LogP contribution in [-0.2, 0) is 9.53 Å². The molecule has 1 saturated heterocycles.